The fraction of sp³-hybridized carbons (Fsp3) is 0.857. The number of halogens is 2. The molecule has 6 fully saturated rings. The molecular weight excluding hydrogens is 582 g/mol. The molecule has 1 N–H and O–H groups in total. The number of hydrogen-bond acceptors (Lipinski definition) is 10. The highest BCUT2D eigenvalue weighted by Gasteiger charge is 2.71. The van der Waals surface area contributed by atoms with Gasteiger partial charge in [0.2, 0.25) is 0 Å². The molecular formula is C28H36F2O11S. The second-order valence-electron chi connectivity index (χ2n) is 13.1. The van der Waals surface area contributed by atoms with Crippen molar-refractivity contribution in [1.29, 1.82) is 0 Å². The lowest BCUT2D eigenvalue weighted by Gasteiger charge is -2.41. The third kappa shape index (κ3) is 4.80. The van der Waals surface area contributed by atoms with E-state index in [1.54, 1.807) is 0 Å². The van der Waals surface area contributed by atoms with Gasteiger partial charge in [-0.25, -0.2) is 0 Å². The Kier molecular flexibility index (Phi) is 7.34. The van der Waals surface area contributed by atoms with Gasteiger partial charge in [0.05, 0.1) is 24.7 Å². The van der Waals surface area contributed by atoms with Gasteiger partial charge < -0.3 is 18.9 Å². The quantitative estimate of drug-likeness (QED) is 0.218. The van der Waals surface area contributed by atoms with Crippen LogP contribution in [0.4, 0.5) is 8.78 Å². The third-order valence-electron chi connectivity index (χ3n) is 10.9. The van der Waals surface area contributed by atoms with E-state index < -0.39 is 93.8 Å². The van der Waals surface area contributed by atoms with Crippen molar-refractivity contribution < 1.29 is 59.9 Å². The first-order valence-corrected chi connectivity index (χ1v) is 16.3. The minimum atomic E-state index is -5.82. The molecule has 10 atom stereocenters. The van der Waals surface area contributed by atoms with Gasteiger partial charge in [0.1, 0.15) is 17.8 Å². The number of fused-ring (bicyclic) bond motifs is 3. The zero-order valence-electron chi connectivity index (χ0n) is 23.2. The van der Waals surface area contributed by atoms with Crippen LogP contribution in [-0.4, -0.2) is 66.0 Å². The maximum atomic E-state index is 13.8. The predicted molar refractivity (Wildman–Crippen MR) is 136 cm³/mol. The molecule has 6 rings (SSSR count). The summed E-state index contributed by atoms with van der Waals surface area (Å²) in [5.41, 5.74) is -0.517. The number of esters is 4. The summed E-state index contributed by atoms with van der Waals surface area (Å²) in [5, 5.41) is -4.73. The van der Waals surface area contributed by atoms with Crippen molar-refractivity contribution in [1.82, 2.24) is 0 Å². The van der Waals surface area contributed by atoms with Gasteiger partial charge in [0, 0.05) is 17.8 Å². The summed E-state index contributed by atoms with van der Waals surface area (Å²) in [6, 6.07) is 0. The normalized spacial score (nSPS) is 38.4. The Balaban J connectivity index is 1.09. The molecule has 5 saturated carbocycles. The summed E-state index contributed by atoms with van der Waals surface area (Å²) in [6.07, 6.45) is 3.29. The standard InChI is InChI=1S/C28H36F2O11S/c1-13(28(29,30)42(35,36)37)38-19(31)6-7-20(32)39-23-17-12-16-21(25(33)40-24(16)23)22(17)26(34)41-27(8-2-3-9-27)18-11-14-4-5-15(18)10-14/h13-18,21-24H,2-12H2,1H3,(H,35,36,37). The molecule has 10 unspecified atom stereocenters. The number of carbonyl (C=O) groups is 4. The molecule has 14 heteroatoms. The highest BCUT2D eigenvalue weighted by molar-refractivity contribution is 7.86. The van der Waals surface area contributed by atoms with Crippen LogP contribution in [0.2, 0.25) is 0 Å². The number of ether oxygens (including phenoxy) is 4. The second kappa shape index (κ2) is 10.4. The molecule has 0 aromatic heterocycles. The van der Waals surface area contributed by atoms with Gasteiger partial charge >= 0.3 is 39.2 Å². The lowest BCUT2D eigenvalue weighted by atomic mass is 9.74. The van der Waals surface area contributed by atoms with Gasteiger partial charge in [-0.1, -0.05) is 6.42 Å². The van der Waals surface area contributed by atoms with Gasteiger partial charge in [0.25, 0.3) is 0 Å². The van der Waals surface area contributed by atoms with Crippen LogP contribution in [-0.2, 0) is 48.2 Å². The molecule has 11 nitrogen and oxygen atoms in total. The number of hydrogen-bond donors (Lipinski definition) is 1. The largest absolute Gasteiger partial charge is 0.459 e. The Morgan fingerprint density at radius 1 is 1.07 bits per heavy atom. The lowest BCUT2D eigenvalue weighted by molar-refractivity contribution is -0.182. The van der Waals surface area contributed by atoms with Crippen LogP contribution in [0, 0.1) is 41.4 Å². The molecule has 1 saturated heterocycles. The maximum Gasteiger partial charge on any atom is 0.405 e. The van der Waals surface area contributed by atoms with Crippen molar-refractivity contribution in [2.75, 3.05) is 0 Å². The van der Waals surface area contributed by atoms with Gasteiger partial charge in [-0.05, 0) is 70.1 Å². The SMILES string of the molecule is CC(OC(=O)CCC(=O)OC1C2CC3C1OC(=O)C3C2C(=O)OC1(C2CC3CCC2C3)CCCC1)C(F)(F)S(=O)(=O)O. The molecule has 1 aliphatic heterocycles. The summed E-state index contributed by atoms with van der Waals surface area (Å²) in [7, 11) is -5.82. The molecule has 1 heterocycles. The molecule has 0 radical (unpaired) electrons. The summed E-state index contributed by atoms with van der Waals surface area (Å²) in [4.78, 5) is 51.3. The minimum absolute atomic E-state index is 0.298. The van der Waals surface area contributed by atoms with E-state index in [0.29, 0.717) is 31.1 Å². The highest BCUT2D eigenvalue weighted by Crippen LogP contribution is 2.61. The van der Waals surface area contributed by atoms with Crippen molar-refractivity contribution in [3.63, 3.8) is 0 Å². The maximum absolute atomic E-state index is 13.8. The van der Waals surface area contributed by atoms with Crippen molar-refractivity contribution in [3.8, 4) is 0 Å². The Bertz CT molecular complexity index is 1260. The smallest absolute Gasteiger partial charge is 0.405 e. The average Bonchev–Trinajstić information content (AvgIpc) is 3.74. The van der Waals surface area contributed by atoms with Crippen LogP contribution in [0.15, 0.2) is 0 Å². The van der Waals surface area contributed by atoms with Gasteiger partial charge in [-0.3, -0.25) is 23.7 Å². The third-order valence-corrected chi connectivity index (χ3v) is 11.9. The summed E-state index contributed by atoms with van der Waals surface area (Å²) >= 11 is 0. The van der Waals surface area contributed by atoms with Crippen LogP contribution >= 0.6 is 0 Å². The van der Waals surface area contributed by atoms with Crippen LogP contribution < -0.4 is 0 Å². The van der Waals surface area contributed by atoms with E-state index in [9.17, 15) is 36.4 Å². The molecule has 6 aliphatic rings. The van der Waals surface area contributed by atoms with Crippen LogP contribution in [0.5, 0.6) is 0 Å². The monoisotopic (exact) mass is 618 g/mol. The van der Waals surface area contributed by atoms with E-state index in [2.05, 4.69) is 4.74 Å². The zero-order valence-corrected chi connectivity index (χ0v) is 24.1. The first kappa shape index (κ1) is 29.7. The summed E-state index contributed by atoms with van der Waals surface area (Å²) < 4.78 is 79.6. The second-order valence-corrected chi connectivity index (χ2v) is 14.6. The van der Waals surface area contributed by atoms with Gasteiger partial charge in [0.15, 0.2) is 6.10 Å². The Morgan fingerprint density at radius 2 is 1.76 bits per heavy atom. The van der Waals surface area contributed by atoms with E-state index >= 15 is 0 Å². The van der Waals surface area contributed by atoms with E-state index in [1.807, 2.05) is 0 Å². The first-order chi connectivity index (χ1) is 19.7. The fourth-order valence-corrected chi connectivity index (χ4v) is 9.57. The molecule has 4 bridgehead atoms. The van der Waals surface area contributed by atoms with E-state index in [1.165, 1.54) is 12.8 Å². The number of carbonyl (C=O) groups excluding carboxylic acids is 4. The molecule has 234 valence electrons. The Morgan fingerprint density at radius 3 is 2.38 bits per heavy atom. The average molecular weight is 619 g/mol. The lowest BCUT2D eigenvalue weighted by Crippen LogP contribution is -2.48. The van der Waals surface area contributed by atoms with Crippen molar-refractivity contribution in [3.05, 3.63) is 0 Å². The topological polar surface area (TPSA) is 160 Å². The molecule has 0 aromatic carbocycles. The summed E-state index contributed by atoms with van der Waals surface area (Å²) in [5.74, 6) is -3.80. The first-order valence-electron chi connectivity index (χ1n) is 14.9. The molecule has 0 spiro atoms. The Hall–Kier alpha value is -2.35. The zero-order chi connectivity index (χ0) is 30.2. The molecule has 5 aliphatic carbocycles. The van der Waals surface area contributed by atoms with Crippen LogP contribution in [0.25, 0.3) is 0 Å². The molecule has 0 amide bonds. The van der Waals surface area contributed by atoms with Crippen molar-refractivity contribution in [2.45, 2.75) is 107 Å². The highest BCUT2D eigenvalue weighted by atomic mass is 32.2. The summed E-state index contributed by atoms with van der Waals surface area (Å²) in [6.45, 7) is 0.594. The Labute approximate surface area is 242 Å². The van der Waals surface area contributed by atoms with E-state index in [-0.39, 0.29) is 5.92 Å². The van der Waals surface area contributed by atoms with Crippen molar-refractivity contribution in [2.24, 2.45) is 41.4 Å². The van der Waals surface area contributed by atoms with Gasteiger partial charge in [-0.2, -0.15) is 17.2 Å². The fourth-order valence-electron chi connectivity index (χ4n) is 9.10. The number of alkyl halides is 2. The predicted octanol–water partition coefficient (Wildman–Crippen LogP) is 3.19. The van der Waals surface area contributed by atoms with Gasteiger partial charge in [-0.15, -0.1) is 0 Å². The van der Waals surface area contributed by atoms with Crippen LogP contribution in [0.1, 0.15) is 77.6 Å². The molecule has 42 heavy (non-hydrogen) atoms. The van der Waals surface area contributed by atoms with Crippen molar-refractivity contribution >= 4 is 34.0 Å². The van der Waals surface area contributed by atoms with E-state index in [4.69, 9.17) is 18.8 Å². The molecule has 0 aromatic rings. The van der Waals surface area contributed by atoms with E-state index in [0.717, 1.165) is 38.5 Å². The number of rotatable bonds is 10. The minimum Gasteiger partial charge on any atom is -0.459 e. The van der Waals surface area contributed by atoms with Crippen LogP contribution in [0.3, 0.4) is 0 Å².